The molecule has 0 spiro atoms. The zero-order valence-electron chi connectivity index (χ0n) is 13.9. The summed E-state index contributed by atoms with van der Waals surface area (Å²) in [6.45, 7) is 1.08. The predicted molar refractivity (Wildman–Crippen MR) is 88.0 cm³/mol. The first-order valence-corrected chi connectivity index (χ1v) is 8.85. The molecule has 0 bridgehead atoms. The van der Waals surface area contributed by atoms with Crippen molar-refractivity contribution in [3.63, 3.8) is 0 Å². The van der Waals surface area contributed by atoms with Crippen LogP contribution in [0.25, 0.3) is 0 Å². The number of rotatable bonds is 3. The monoisotopic (exact) mass is 385 g/mol. The van der Waals surface area contributed by atoms with E-state index >= 15 is 0 Å². The largest absolute Gasteiger partial charge is 0.380 e. The first-order chi connectivity index (χ1) is 12.3. The van der Waals surface area contributed by atoms with E-state index in [1.807, 2.05) is 0 Å². The van der Waals surface area contributed by atoms with E-state index in [4.69, 9.17) is 16.3 Å². The highest BCUT2D eigenvalue weighted by Crippen LogP contribution is 2.43. The van der Waals surface area contributed by atoms with Crippen LogP contribution in [0.3, 0.4) is 0 Å². The normalized spacial score (nSPS) is 30.0. The minimum atomic E-state index is -2.70. The Labute approximate surface area is 153 Å². The van der Waals surface area contributed by atoms with Crippen molar-refractivity contribution in [1.82, 2.24) is 15.2 Å². The van der Waals surface area contributed by atoms with Gasteiger partial charge in [0.15, 0.2) is 0 Å². The van der Waals surface area contributed by atoms with E-state index in [-0.39, 0.29) is 54.6 Å². The summed E-state index contributed by atoms with van der Waals surface area (Å²) in [6, 6.07) is 4.27. The molecule has 2 saturated heterocycles. The first kappa shape index (κ1) is 17.6. The summed E-state index contributed by atoms with van der Waals surface area (Å²) < 4.78 is 31.5. The number of halogens is 3. The summed E-state index contributed by atoms with van der Waals surface area (Å²) in [7, 11) is 0. The fourth-order valence-electron chi connectivity index (χ4n) is 3.99. The van der Waals surface area contributed by atoms with E-state index in [0.29, 0.717) is 13.2 Å². The quantitative estimate of drug-likeness (QED) is 0.804. The molecule has 2 aliphatic heterocycles. The number of aromatic nitrogens is 1. The molecule has 2 atom stereocenters. The highest BCUT2D eigenvalue weighted by atomic mass is 35.5. The molecular weight excluding hydrogens is 368 g/mol. The van der Waals surface area contributed by atoms with Gasteiger partial charge in [0.1, 0.15) is 10.8 Å². The minimum Gasteiger partial charge on any atom is -0.380 e. The highest BCUT2D eigenvalue weighted by Gasteiger charge is 2.58. The molecule has 9 heteroatoms. The molecule has 140 valence electrons. The Morgan fingerprint density at radius 1 is 1.35 bits per heavy atom. The predicted octanol–water partition coefficient (Wildman–Crippen LogP) is 1.74. The number of alkyl halides is 2. The molecule has 0 aromatic carbocycles. The standard InChI is InChI=1S/C17H18ClF2N3O3/c18-13-3-1-2-12(22-13)14(24)23-6-10-7-26-9-16(10,8-23)15(25)21-11-4-17(19,20)5-11/h1-3,10-11H,4-9H2,(H,21,25)/t10-,16-/m1/s1. The molecule has 1 saturated carbocycles. The van der Waals surface area contributed by atoms with Crippen molar-refractivity contribution in [1.29, 1.82) is 0 Å². The Morgan fingerprint density at radius 2 is 2.12 bits per heavy atom. The van der Waals surface area contributed by atoms with Crippen LogP contribution < -0.4 is 5.32 Å². The summed E-state index contributed by atoms with van der Waals surface area (Å²) in [5.41, 5.74) is -0.674. The van der Waals surface area contributed by atoms with Gasteiger partial charge in [-0.2, -0.15) is 0 Å². The lowest BCUT2D eigenvalue weighted by molar-refractivity contribution is -0.138. The van der Waals surface area contributed by atoms with Gasteiger partial charge in [-0.05, 0) is 12.1 Å². The van der Waals surface area contributed by atoms with Gasteiger partial charge >= 0.3 is 0 Å². The molecule has 6 nitrogen and oxygen atoms in total. The Kier molecular flexibility index (Phi) is 4.15. The van der Waals surface area contributed by atoms with E-state index in [9.17, 15) is 18.4 Å². The van der Waals surface area contributed by atoms with Crippen LogP contribution in [-0.2, 0) is 9.53 Å². The smallest absolute Gasteiger partial charge is 0.272 e. The molecule has 4 rings (SSSR count). The van der Waals surface area contributed by atoms with Crippen molar-refractivity contribution in [3.8, 4) is 0 Å². The molecule has 2 amide bonds. The van der Waals surface area contributed by atoms with Gasteiger partial charge in [-0.1, -0.05) is 17.7 Å². The molecule has 1 aromatic heterocycles. The third-order valence-electron chi connectivity index (χ3n) is 5.47. The second-order valence-electron chi connectivity index (χ2n) is 7.33. The second-order valence-corrected chi connectivity index (χ2v) is 7.72. The van der Waals surface area contributed by atoms with E-state index < -0.39 is 17.4 Å². The van der Waals surface area contributed by atoms with Gasteiger partial charge in [0.25, 0.3) is 11.8 Å². The second kappa shape index (κ2) is 6.13. The Balaban J connectivity index is 1.48. The SMILES string of the molecule is O=C(c1cccc(Cl)n1)N1C[C@@H]2COC[C@]2(C(=O)NC2CC(F)(F)C2)C1. The van der Waals surface area contributed by atoms with Crippen molar-refractivity contribution >= 4 is 23.4 Å². The molecule has 26 heavy (non-hydrogen) atoms. The van der Waals surface area contributed by atoms with Crippen LogP contribution in [0.4, 0.5) is 8.78 Å². The Morgan fingerprint density at radius 3 is 2.81 bits per heavy atom. The van der Waals surface area contributed by atoms with Crippen molar-refractivity contribution in [3.05, 3.63) is 29.0 Å². The molecule has 3 aliphatic rings. The van der Waals surface area contributed by atoms with E-state index in [1.54, 1.807) is 23.1 Å². The van der Waals surface area contributed by atoms with E-state index in [2.05, 4.69) is 10.3 Å². The number of nitrogens with zero attached hydrogens (tertiary/aromatic N) is 2. The molecule has 3 heterocycles. The summed E-state index contributed by atoms with van der Waals surface area (Å²) in [6.07, 6.45) is -0.676. The van der Waals surface area contributed by atoms with Gasteiger partial charge in [0, 0.05) is 37.9 Å². The fourth-order valence-corrected chi connectivity index (χ4v) is 4.16. The number of nitrogens with one attached hydrogen (secondary N) is 1. The maximum Gasteiger partial charge on any atom is 0.272 e. The number of amides is 2. The molecule has 1 N–H and O–H groups in total. The lowest BCUT2D eigenvalue weighted by Crippen LogP contribution is -2.56. The van der Waals surface area contributed by atoms with E-state index in [0.717, 1.165) is 0 Å². The average Bonchev–Trinajstić information content (AvgIpc) is 3.10. The Bertz CT molecular complexity index is 755. The molecular formula is C17H18ClF2N3O3. The number of hydrogen-bond donors (Lipinski definition) is 1. The van der Waals surface area contributed by atoms with Crippen molar-refractivity contribution < 1.29 is 23.1 Å². The number of pyridine rings is 1. The minimum absolute atomic E-state index is 0.161. The maximum atomic E-state index is 13.0. The van der Waals surface area contributed by atoms with Crippen LogP contribution in [0, 0.1) is 11.3 Å². The van der Waals surface area contributed by atoms with Crippen LogP contribution >= 0.6 is 11.6 Å². The third-order valence-corrected chi connectivity index (χ3v) is 5.68. The number of likely N-dealkylation sites (tertiary alicyclic amines) is 1. The third kappa shape index (κ3) is 2.95. The van der Waals surface area contributed by atoms with Gasteiger partial charge in [0.2, 0.25) is 5.91 Å². The number of fused-ring (bicyclic) bond motifs is 1. The zero-order valence-corrected chi connectivity index (χ0v) is 14.6. The summed E-state index contributed by atoms with van der Waals surface area (Å²) in [5.74, 6) is -3.47. The van der Waals surface area contributed by atoms with Crippen molar-refractivity contribution in [2.24, 2.45) is 11.3 Å². The lowest BCUT2D eigenvalue weighted by atomic mass is 9.79. The van der Waals surface area contributed by atoms with Gasteiger partial charge in [0.05, 0.1) is 18.6 Å². The number of carbonyl (C=O) groups excluding carboxylic acids is 2. The number of ether oxygens (including phenoxy) is 1. The van der Waals surface area contributed by atoms with Gasteiger partial charge < -0.3 is 15.0 Å². The highest BCUT2D eigenvalue weighted by molar-refractivity contribution is 6.29. The molecule has 0 unspecified atom stereocenters. The summed E-state index contributed by atoms with van der Waals surface area (Å²) in [4.78, 5) is 31.1. The lowest BCUT2D eigenvalue weighted by Gasteiger charge is -2.37. The van der Waals surface area contributed by atoms with Crippen LogP contribution in [-0.4, -0.2) is 60.0 Å². The molecule has 3 fully saturated rings. The van der Waals surface area contributed by atoms with Crippen LogP contribution in [0.5, 0.6) is 0 Å². The van der Waals surface area contributed by atoms with Crippen LogP contribution in [0.15, 0.2) is 18.2 Å². The van der Waals surface area contributed by atoms with Crippen LogP contribution in [0.2, 0.25) is 5.15 Å². The topological polar surface area (TPSA) is 71.5 Å². The zero-order chi connectivity index (χ0) is 18.5. The fraction of sp³-hybridized carbons (Fsp3) is 0.588. The van der Waals surface area contributed by atoms with Crippen LogP contribution in [0.1, 0.15) is 23.3 Å². The molecule has 1 aliphatic carbocycles. The average molecular weight is 386 g/mol. The van der Waals surface area contributed by atoms with Gasteiger partial charge in [-0.25, -0.2) is 13.8 Å². The van der Waals surface area contributed by atoms with E-state index in [1.165, 1.54) is 0 Å². The van der Waals surface area contributed by atoms with Crippen molar-refractivity contribution in [2.45, 2.75) is 24.8 Å². The number of carbonyl (C=O) groups is 2. The van der Waals surface area contributed by atoms with Gasteiger partial charge in [-0.15, -0.1) is 0 Å². The summed E-state index contributed by atoms with van der Waals surface area (Å²) in [5, 5.41) is 2.93. The number of hydrogen-bond acceptors (Lipinski definition) is 4. The summed E-state index contributed by atoms with van der Waals surface area (Å²) >= 11 is 5.84. The first-order valence-electron chi connectivity index (χ1n) is 8.47. The van der Waals surface area contributed by atoms with Gasteiger partial charge in [-0.3, -0.25) is 9.59 Å². The van der Waals surface area contributed by atoms with Crippen molar-refractivity contribution in [2.75, 3.05) is 26.3 Å². The maximum absolute atomic E-state index is 13.0. The molecule has 0 radical (unpaired) electrons. The molecule has 1 aromatic rings. The Hall–Kier alpha value is -1.80.